The Balaban J connectivity index is -0.000000599. The highest BCUT2D eigenvalue weighted by Crippen LogP contribution is 2.63. The van der Waals surface area contributed by atoms with Crippen molar-refractivity contribution >= 4 is 82.8 Å². The number of benzene rings is 3. The number of ether oxygens (including phenoxy) is 1. The van der Waals surface area contributed by atoms with E-state index in [0.717, 1.165) is 11.1 Å². The summed E-state index contributed by atoms with van der Waals surface area (Å²) in [6, 6.07) is 13.8. The van der Waals surface area contributed by atoms with E-state index in [1.807, 2.05) is 0 Å². The van der Waals surface area contributed by atoms with Gasteiger partial charge in [-0.1, -0.05) is 65.6 Å². The fourth-order valence-corrected chi connectivity index (χ4v) is 4.57. The lowest BCUT2D eigenvalue weighted by Crippen LogP contribution is -1.97. The van der Waals surface area contributed by atoms with Crippen molar-refractivity contribution in [3.8, 4) is 0 Å². The zero-order valence-corrected chi connectivity index (χ0v) is 30.4. The Hall–Kier alpha value is -2.38. The van der Waals surface area contributed by atoms with Gasteiger partial charge in [0.2, 0.25) is 5.24 Å². The molecule has 0 spiro atoms. The molecule has 0 heterocycles. The summed E-state index contributed by atoms with van der Waals surface area (Å²) in [5, 5.41) is 8.10. The lowest BCUT2D eigenvalue weighted by Gasteiger charge is -2.00. The first-order chi connectivity index (χ1) is 21.5. The molecule has 0 amide bonds. The van der Waals surface area contributed by atoms with Crippen LogP contribution < -0.4 is 0 Å². The number of hydrogen-bond acceptors (Lipinski definition) is 4. The van der Waals surface area contributed by atoms with Gasteiger partial charge in [0, 0.05) is 19.8 Å². The normalized spacial score (nSPS) is 15.0. The van der Waals surface area contributed by atoms with Gasteiger partial charge in [0.1, 0.15) is 24.1 Å². The van der Waals surface area contributed by atoms with Gasteiger partial charge in [-0.05, 0) is 125 Å². The minimum Gasteiger partial charge on any atom is -0.462 e. The lowest BCUT2D eigenvalue weighted by molar-refractivity contribution is -0.139. The molecule has 0 aromatic heterocycles. The minimum absolute atomic E-state index is 0. The van der Waals surface area contributed by atoms with Crippen LogP contribution in [0.1, 0.15) is 72.1 Å². The van der Waals surface area contributed by atoms with Crippen molar-refractivity contribution in [3.05, 3.63) is 114 Å². The van der Waals surface area contributed by atoms with E-state index in [0.29, 0.717) is 25.4 Å². The van der Waals surface area contributed by atoms with Gasteiger partial charge in [0.25, 0.3) is 5.92 Å². The van der Waals surface area contributed by atoms with Crippen molar-refractivity contribution in [3.63, 3.8) is 0 Å². The molecule has 1 unspecified atom stereocenters. The van der Waals surface area contributed by atoms with E-state index in [9.17, 15) is 31.5 Å². The predicted molar refractivity (Wildman–Crippen MR) is 202 cm³/mol. The third-order valence-electron chi connectivity index (χ3n) is 5.94. The molecule has 1 aliphatic carbocycles. The highest BCUT2D eigenvalue weighted by molar-refractivity contribution is 9.11. The molecule has 2 atom stereocenters. The van der Waals surface area contributed by atoms with Gasteiger partial charge in [-0.15, -0.1) is 0 Å². The fraction of sp³-hybridized carbons (Fsp3) is 0.333. The Morgan fingerprint density at radius 2 is 1.22 bits per heavy atom. The van der Waals surface area contributed by atoms with E-state index in [4.69, 9.17) is 5.11 Å². The summed E-state index contributed by atoms with van der Waals surface area (Å²) in [5.74, 6) is -5.51. The summed E-state index contributed by atoms with van der Waals surface area (Å²) in [4.78, 5) is 19.6. The van der Waals surface area contributed by atoms with Gasteiger partial charge in [-0.2, -0.15) is 0 Å². The molecule has 13 heteroatoms. The zero-order chi connectivity index (χ0) is 35.0. The Kier molecular flexibility index (Phi) is 26.6. The van der Waals surface area contributed by atoms with Crippen molar-refractivity contribution in [2.75, 3.05) is 13.2 Å². The SMILES string of the molecule is C.C.C.CC(=O)Cl.CC(=O)OC/C=C/c1ccc(Br)c(F)c1.CC[C@H]1C(c2ccc(Br)c(F)c2)C1(F)F.OC/C=C/c1ccc(Br)c(F)c1. The average Bonchev–Trinajstić information content (AvgIpc) is 3.55. The molecule has 0 bridgehead atoms. The van der Waals surface area contributed by atoms with Crippen LogP contribution >= 0.6 is 59.4 Å². The summed E-state index contributed by atoms with van der Waals surface area (Å²) >= 11 is 13.7. The van der Waals surface area contributed by atoms with Crippen LogP contribution in [-0.4, -0.2) is 35.5 Å². The van der Waals surface area contributed by atoms with Crippen molar-refractivity contribution in [2.45, 2.75) is 61.3 Å². The van der Waals surface area contributed by atoms with Crippen LogP contribution in [0, 0.1) is 23.4 Å². The quantitative estimate of drug-likeness (QED) is 0.146. The number of alkyl halides is 2. The number of aliphatic hydroxyl groups excluding tert-OH is 1. The number of carbonyl (C=O) groups excluding carboxylic acids is 2. The van der Waals surface area contributed by atoms with Crippen LogP contribution in [-0.2, 0) is 14.3 Å². The third-order valence-corrected chi connectivity index (χ3v) is 7.87. The standard InChI is InChI=1S/C11H10BrF3.C11H10BrFO2.C9H8BrFO.C2H3ClO.3CH4/c1-2-7-10(11(7,14)15)6-3-4-8(12)9(13)5-6;1-8(14)15-6-2-3-9-4-5-10(12)11(13)7-9;10-8-4-3-7(2-1-5-12)6-9(8)11;1-2(3)4;;;/h3-5,7,10H,2H2,1H3;2-5,7H,6H2,1H3;1-4,6,12H,5H2;1H3;3*1H4/b;3-2+;2-1+;;;;/t7-,10?;;;;;;/m0....../s1. The highest BCUT2D eigenvalue weighted by Gasteiger charge is 2.67. The van der Waals surface area contributed by atoms with Gasteiger partial charge >= 0.3 is 5.97 Å². The van der Waals surface area contributed by atoms with E-state index in [1.165, 1.54) is 38.1 Å². The van der Waals surface area contributed by atoms with Crippen LogP contribution in [0.25, 0.3) is 12.2 Å². The van der Waals surface area contributed by atoms with Gasteiger partial charge in [-0.25, -0.2) is 22.0 Å². The number of rotatable bonds is 7. The molecule has 0 aliphatic heterocycles. The number of hydrogen-bond donors (Lipinski definition) is 1. The van der Waals surface area contributed by atoms with Crippen molar-refractivity contribution in [2.24, 2.45) is 5.92 Å². The Morgan fingerprint density at radius 1 is 0.816 bits per heavy atom. The van der Waals surface area contributed by atoms with Gasteiger partial charge in [0.05, 0.1) is 25.9 Å². The minimum atomic E-state index is -2.66. The van der Waals surface area contributed by atoms with Crippen LogP contribution in [0.5, 0.6) is 0 Å². The first-order valence-electron chi connectivity index (χ1n) is 13.5. The van der Waals surface area contributed by atoms with Crippen LogP contribution in [0.15, 0.2) is 80.2 Å². The molecule has 49 heavy (non-hydrogen) atoms. The van der Waals surface area contributed by atoms with Crippen LogP contribution in [0.3, 0.4) is 0 Å². The summed E-state index contributed by atoms with van der Waals surface area (Å²) in [5.41, 5.74) is 1.86. The molecule has 1 saturated carbocycles. The average molecular weight is 910 g/mol. The van der Waals surface area contributed by atoms with Crippen molar-refractivity contribution < 1.29 is 41.4 Å². The predicted octanol–water partition coefficient (Wildman–Crippen LogP) is 12.8. The van der Waals surface area contributed by atoms with Crippen molar-refractivity contribution in [1.82, 2.24) is 0 Å². The first-order valence-corrected chi connectivity index (χ1v) is 16.3. The summed E-state index contributed by atoms with van der Waals surface area (Å²) in [6.45, 7) is 4.53. The highest BCUT2D eigenvalue weighted by atomic mass is 79.9. The number of halogens is 9. The maximum absolute atomic E-state index is 13.2. The number of carbonyl (C=O) groups is 2. The molecule has 1 N–H and O–H groups in total. The van der Waals surface area contributed by atoms with Crippen LogP contribution in [0.2, 0.25) is 0 Å². The molecule has 1 fully saturated rings. The molecule has 4 rings (SSSR count). The smallest absolute Gasteiger partial charge is 0.302 e. The number of esters is 1. The Morgan fingerprint density at radius 3 is 1.57 bits per heavy atom. The van der Waals surface area contributed by atoms with E-state index in [2.05, 4.69) is 64.1 Å². The molecule has 0 saturated heterocycles. The molecule has 3 aromatic carbocycles. The Labute approximate surface area is 317 Å². The fourth-order valence-electron chi connectivity index (χ4n) is 3.83. The number of aliphatic hydroxyl groups is 1. The second-order valence-corrected chi connectivity index (χ2v) is 12.5. The zero-order valence-electron chi connectivity index (χ0n) is 24.9. The van der Waals surface area contributed by atoms with Crippen molar-refractivity contribution in [1.29, 1.82) is 0 Å². The molecular formula is C36H43Br3ClF5O4. The lowest BCUT2D eigenvalue weighted by atomic mass is 10.1. The van der Waals surface area contributed by atoms with E-state index in [1.54, 1.807) is 61.6 Å². The van der Waals surface area contributed by atoms with Crippen LogP contribution in [0.4, 0.5) is 22.0 Å². The van der Waals surface area contributed by atoms with E-state index < -0.39 is 23.6 Å². The summed E-state index contributed by atoms with van der Waals surface area (Å²) in [7, 11) is 0. The molecule has 4 nitrogen and oxygen atoms in total. The summed E-state index contributed by atoms with van der Waals surface area (Å²) in [6.07, 6.45) is 7.00. The maximum Gasteiger partial charge on any atom is 0.302 e. The molecule has 3 aromatic rings. The monoisotopic (exact) mass is 906 g/mol. The summed E-state index contributed by atoms with van der Waals surface area (Å²) < 4.78 is 71.4. The van der Waals surface area contributed by atoms with Gasteiger partial charge in [-0.3, -0.25) is 9.59 Å². The third kappa shape index (κ3) is 19.0. The molecule has 1 aliphatic rings. The maximum atomic E-state index is 13.2. The second-order valence-electron chi connectivity index (χ2n) is 9.45. The molecule has 0 radical (unpaired) electrons. The largest absolute Gasteiger partial charge is 0.462 e. The van der Waals surface area contributed by atoms with Gasteiger partial charge in [0.15, 0.2) is 0 Å². The van der Waals surface area contributed by atoms with E-state index in [-0.39, 0.29) is 58.3 Å². The topological polar surface area (TPSA) is 63.6 Å². The second kappa shape index (κ2) is 25.6. The Bertz CT molecular complexity index is 1520. The molecule has 274 valence electrons. The molecular weight excluding hydrogens is 867 g/mol. The van der Waals surface area contributed by atoms with E-state index >= 15 is 0 Å². The van der Waals surface area contributed by atoms with Gasteiger partial charge < -0.3 is 9.84 Å². The first kappa shape index (κ1) is 51.0.